The summed E-state index contributed by atoms with van der Waals surface area (Å²) in [6.45, 7) is 5.79. The van der Waals surface area contributed by atoms with Gasteiger partial charge in [-0.05, 0) is 44.7 Å². The molecule has 0 radical (unpaired) electrons. The molecular weight excluding hydrogens is 396 g/mol. The molecule has 2 aromatic heterocycles. The molecule has 9 nitrogen and oxygen atoms in total. The predicted octanol–water partition coefficient (Wildman–Crippen LogP) is 1.67. The molecule has 31 heavy (non-hydrogen) atoms. The molecule has 0 bridgehead atoms. The Morgan fingerprint density at radius 2 is 1.81 bits per heavy atom. The van der Waals surface area contributed by atoms with Crippen molar-refractivity contribution in [2.24, 2.45) is 5.92 Å². The molecule has 1 aliphatic carbocycles. The minimum absolute atomic E-state index is 0.0271. The van der Waals surface area contributed by atoms with E-state index in [-0.39, 0.29) is 37.0 Å². The number of nitrogens with zero attached hydrogens (tertiary/aromatic N) is 4. The molecule has 0 saturated heterocycles. The summed E-state index contributed by atoms with van der Waals surface area (Å²) in [5.41, 5.74) is 1.02. The van der Waals surface area contributed by atoms with Gasteiger partial charge < -0.3 is 10.6 Å². The number of hydrogen-bond donors (Lipinski definition) is 2. The maximum atomic E-state index is 13.0. The van der Waals surface area contributed by atoms with E-state index in [4.69, 9.17) is 0 Å². The largest absolute Gasteiger partial charge is 0.352 e. The lowest BCUT2D eigenvalue weighted by molar-refractivity contribution is -0.123. The number of benzene rings is 1. The number of nitrogens with one attached hydrogen (secondary N) is 2. The minimum Gasteiger partial charge on any atom is -0.352 e. The average Bonchev–Trinajstić information content (AvgIpc) is 3.18. The lowest BCUT2D eigenvalue weighted by Crippen LogP contribution is -2.42. The van der Waals surface area contributed by atoms with Crippen LogP contribution in [0.3, 0.4) is 0 Å². The lowest BCUT2D eigenvalue weighted by atomic mass is 9.86. The number of amides is 2. The van der Waals surface area contributed by atoms with Crippen molar-refractivity contribution in [3.8, 4) is 0 Å². The highest BCUT2D eigenvalue weighted by molar-refractivity contribution is 5.84. The number of carbonyl (C=O) groups is 2. The third-order valence-electron chi connectivity index (χ3n) is 5.98. The normalized spacial score (nSPS) is 19.2. The van der Waals surface area contributed by atoms with Crippen LogP contribution in [0, 0.1) is 5.92 Å². The Morgan fingerprint density at radius 1 is 1.10 bits per heavy atom. The second-order valence-corrected chi connectivity index (χ2v) is 8.81. The second-order valence-electron chi connectivity index (χ2n) is 8.81. The van der Waals surface area contributed by atoms with Crippen LogP contribution in [0.4, 0.5) is 0 Å². The highest BCUT2D eigenvalue weighted by Gasteiger charge is 2.25. The SMILES string of the molecule is CC(C)NC(=O)Cn1nc2n(CC(=O)N[C@H]3CCCC[C@@H]3C)c3ccccc3n2c1=O. The quantitative estimate of drug-likeness (QED) is 0.626. The van der Waals surface area contributed by atoms with E-state index in [1.807, 2.05) is 38.1 Å². The van der Waals surface area contributed by atoms with Crippen molar-refractivity contribution in [2.45, 2.75) is 71.6 Å². The number of hydrogen-bond acceptors (Lipinski definition) is 4. The van der Waals surface area contributed by atoms with Crippen LogP contribution < -0.4 is 16.3 Å². The van der Waals surface area contributed by atoms with E-state index in [2.05, 4.69) is 22.7 Å². The summed E-state index contributed by atoms with van der Waals surface area (Å²) < 4.78 is 4.36. The highest BCUT2D eigenvalue weighted by Crippen LogP contribution is 2.24. The number of imidazole rings is 1. The van der Waals surface area contributed by atoms with Gasteiger partial charge in [0.2, 0.25) is 17.6 Å². The Bertz CT molecular complexity index is 1170. The minimum atomic E-state index is -0.398. The van der Waals surface area contributed by atoms with Crippen LogP contribution in [0.2, 0.25) is 0 Å². The Hall–Kier alpha value is -3.10. The summed E-state index contributed by atoms with van der Waals surface area (Å²) in [5, 5.41) is 10.3. The predicted molar refractivity (Wildman–Crippen MR) is 118 cm³/mol. The first-order valence-electron chi connectivity index (χ1n) is 11.0. The van der Waals surface area contributed by atoms with E-state index in [9.17, 15) is 14.4 Å². The van der Waals surface area contributed by atoms with Crippen LogP contribution in [0.1, 0.15) is 46.5 Å². The molecule has 1 aromatic carbocycles. The van der Waals surface area contributed by atoms with E-state index in [0.29, 0.717) is 17.2 Å². The fourth-order valence-corrected chi connectivity index (χ4v) is 4.46. The summed E-state index contributed by atoms with van der Waals surface area (Å²) in [6.07, 6.45) is 4.46. The van der Waals surface area contributed by atoms with Gasteiger partial charge in [-0.15, -0.1) is 5.10 Å². The fraction of sp³-hybridized carbons (Fsp3) is 0.545. The topological polar surface area (TPSA) is 102 Å². The molecule has 1 aliphatic rings. The van der Waals surface area contributed by atoms with Crippen LogP contribution in [0.25, 0.3) is 16.8 Å². The molecule has 3 aromatic rings. The van der Waals surface area contributed by atoms with E-state index >= 15 is 0 Å². The maximum Gasteiger partial charge on any atom is 0.352 e. The van der Waals surface area contributed by atoms with Crippen molar-refractivity contribution < 1.29 is 9.59 Å². The van der Waals surface area contributed by atoms with Gasteiger partial charge in [-0.1, -0.05) is 31.9 Å². The number of fused-ring (bicyclic) bond motifs is 3. The average molecular weight is 427 g/mol. The van der Waals surface area contributed by atoms with Gasteiger partial charge >= 0.3 is 5.69 Å². The molecular formula is C22H30N6O3. The maximum absolute atomic E-state index is 13.0. The Morgan fingerprint density at radius 3 is 2.52 bits per heavy atom. The van der Waals surface area contributed by atoms with Crippen LogP contribution >= 0.6 is 0 Å². The molecule has 0 unspecified atom stereocenters. The summed E-state index contributed by atoms with van der Waals surface area (Å²) in [4.78, 5) is 38.0. The highest BCUT2D eigenvalue weighted by atomic mass is 16.2. The van der Waals surface area contributed by atoms with E-state index in [1.54, 1.807) is 4.57 Å². The Kier molecular flexibility index (Phi) is 5.84. The van der Waals surface area contributed by atoms with Gasteiger partial charge in [-0.3, -0.25) is 14.2 Å². The molecule has 2 N–H and O–H groups in total. The second kappa shape index (κ2) is 8.56. The Labute approximate surface area is 180 Å². The van der Waals surface area contributed by atoms with Gasteiger partial charge in [0.05, 0.1) is 11.0 Å². The van der Waals surface area contributed by atoms with Gasteiger partial charge in [-0.25, -0.2) is 13.9 Å². The van der Waals surface area contributed by atoms with Crippen molar-refractivity contribution in [2.75, 3.05) is 0 Å². The molecule has 4 rings (SSSR count). The van der Waals surface area contributed by atoms with Gasteiger partial charge in [0.25, 0.3) is 0 Å². The van der Waals surface area contributed by atoms with Crippen LogP contribution in [-0.4, -0.2) is 42.6 Å². The van der Waals surface area contributed by atoms with Crippen LogP contribution in [-0.2, 0) is 22.7 Å². The molecule has 2 amide bonds. The van der Waals surface area contributed by atoms with Crippen molar-refractivity contribution in [3.63, 3.8) is 0 Å². The van der Waals surface area contributed by atoms with Crippen molar-refractivity contribution in [1.82, 2.24) is 29.4 Å². The van der Waals surface area contributed by atoms with Gasteiger partial charge in [0.15, 0.2) is 0 Å². The van der Waals surface area contributed by atoms with Gasteiger partial charge in [-0.2, -0.15) is 0 Å². The molecule has 1 fully saturated rings. The molecule has 2 atom stereocenters. The summed E-state index contributed by atoms with van der Waals surface area (Å²) >= 11 is 0. The zero-order chi connectivity index (χ0) is 22.1. The standard InChI is InChI=1S/C22H30N6O3/c1-14(2)23-20(30)13-27-22(31)28-18-11-7-6-10-17(18)26(21(28)25-27)12-19(29)24-16-9-5-4-8-15(16)3/h6-7,10-11,14-16H,4-5,8-9,12-13H2,1-3H3,(H,23,30)(H,24,29)/t15-,16-/m0/s1. The molecule has 9 heteroatoms. The van der Waals surface area contributed by atoms with Crippen molar-refractivity contribution in [1.29, 1.82) is 0 Å². The smallest absolute Gasteiger partial charge is 0.352 e. The summed E-state index contributed by atoms with van der Waals surface area (Å²) in [5.74, 6) is 0.440. The zero-order valence-corrected chi connectivity index (χ0v) is 18.3. The molecule has 0 spiro atoms. The fourth-order valence-electron chi connectivity index (χ4n) is 4.46. The molecule has 0 aliphatic heterocycles. The molecule has 166 valence electrons. The zero-order valence-electron chi connectivity index (χ0n) is 18.3. The van der Waals surface area contributed by atoms with Crippen LogP contribution in [0.15, 0.2) is 29.1 Å². The van der Waals surface area contributed by atoms with Crippen molar-refractivity contribution >= 4 is 28.6 Å². The van der Waals surface area contributed by atoms with Crippen molar-refractivity contribution in [3.05, 3.63) is 34.7 Å². The third kappa shape index (κ3) is 4.22. The van der Waals surface area contributed by atoms with Crippen LogP contribution in [0.5, 0.6) is 0 Å². The van der Waals surface area contributed by atoms with Gasteiger partial charge in [0, 0.05) is 12.1 Å². The van der Waals surface area contributed by atoms with E-state index in [0.717, 1.165) is 29.5 Å². The summed E-state index contributed by atoms with van der Waals surface area (Å²) in [6, 6.07) is 7.55. The van der Waals surface area contributed by atoms with E-state index < -0.39 is 5.69 Å². The first-order valence-corrected chi connectivity index (χ1v) is 11.0. The number of para-hydroxylation sites is 2. The van der Waals surface area contributed by atoms with E-state index in [1.165, 1.54) is 10.8 Å². The van der Waals surface area contributed by atoms with Gasteiger partial charge in [0.1, 0.15) is 13.1 Å². The Balaban J connectivity index is 1.66. The first-order chi connectivity index (χ1) is 14.8. The third-order valence-corrected chi connectivity index (χ3v) is 5.98. The first kappa shape index (κ1) is 21.1. The summed E-state index contributed by atoms with van der Waals surface area (Å²) in [7, 11) is 0. The molecule has 2 heterocycles. The number of carbonyl (C=O) groups excluding carboxylic acids is 2. The number of aromatic nitrogens is 4. The number of rotatable bonds is 6. The monoisotopic (exact) mass is 426 g/mol. The lowest BCUT2D eigenvalue weighted by Gasteiger charge is -2.29. The molecule has 1 saturated carbocycles.